The van der Waals surface area contributed by atoms with E-state index < -0.39 is 5.97 Å². The number of rotatable bonds is 4. The second kappa shape index (κ2) is 8.41. The van der Waals surface area contributed by atoms with Gasteiger partial charge < -0.3 is 4.74 Å². The minimum absolute atomic E-state index is 0.387. The largest absolute Gasteiger partial charge is 0.456 e. The van der Waals surface area contributed by atoms with Crippen molar-refractivity contribution >= 4 is 5.97 Å². The molecule has 0 radical (unpaired) electrons. The zero-order chi connectivity index (χ0) is 12.3. The summed E-state index contributed by atoms with van der Waals surface area (Å²) in [6.45, 7) is 2.16. The molecular weight excluding hydrogens is 212 g/mol. The summed E-state index contributed by atoms with van der Waals surface area (Å²) in [6.07, 6.45) is 15.3. The molecule has 0 aromatic heterocycles. The molecule has 0 atom stereocenters. The van der Waals surface area contributed by atoms with Crippen molar-refractivity contribution in [1.82, 2.24) is 0 Å². The highest BCUT2D eigenvalue weighted by atomic mass is 16.5. The third kappa shape index (κ3) is 6.42. The van der Waals surface area contributed by atoms with Crippen molar-refractivity contribution in [2.75, 3.05) is 6.61 Å². The summed E-state index contributed by atoms with van der Waals surface area (Å²) in [5, 5.41) is 0. The molecular formula is C15H18O2. The highest BCUT2D eigenvalue weighted by molar-refractivity contribution is 5.88. The summed E-state index contributed by atoms with van der Waals surface area (Å²) < 4.78 is 4.71. The molecule has 0 aromatic carbocycles. The van der Waals surface area contributed by atoms with Crippen LogP contribution in [-0.2, 0) is 9.53 Å². The fourth-order valence-electron chi connectivity index (χ4n) is 1.53. The summed E-state index contributed by atoms with van der Waals surface area (Å²) in [4.78, 5) is 10.9. The van der Waals surface area contributed by atoms with Crippen LogP contribution in [0.25, 0.3) is 0 Å². The van der Waals surface area contributed by atoms with Gasteiger partial charge >= 0.3 is 5.97 Å². The molecule has 2 heteroatoms. The average Bonchev–Trinajstić information content (AvgIpc) is 2.57. The number of carbonyl (C=O) groups excluding carboxylic acids is 1. The van der Waals surface area contributed by atoms with Gasteiger partial charge in [0, 0.05) is 12.3 Å². The summed E-state index contributed by atoms with van der Waals surface area (Å²) in [7, 11) is 0. The van der Waals surface area contributed by atoms with Gasteiger partial charge in [0.25, 0.3) is 0 Å². The normalized spacial score (nSPS) is 13.9. The van der Waals surface area contributed by atoms with Crippen LogP contribution in [-0.4, -0.2) is 12.6 Å². The molecule has 0 aromatic rings. The van der Waals surface area contributed by atoms with E-state index in [2.05, 4.69) is 36.1 Å². The Morgan fingerprint density at radius 2 is 1.94 bits per heavy atom. The zero-order valence-electron chi connectivity index (χ0n) is 10.2. The first-order chi connectivity index (χ1) is 8.33. The van der Waals surface area contributed by atoms with Gasteiger partial charge in [0.15, 0.2) is 0 Å². The Hall–Kier alpha value is -1.75. The van der Waals surface area contributed by atoms with E-state index in [1.807, 2.05) is 12.2 Å². The third-order valence-corrected chi connectivity index (χ3v) is 2.36. The quantitative estimate of drug-likeness (QED) is 0.321. The molecule has 0 spiro atoms. The fraction of sp³-hybridized carbons (Fsp3) is 0.400. The van der Waals surface area contributed by atoms with Crippen molar-refractivity contribution in [3.8, 4) is 11.8 Å². The topological polar surface area (TPSA) is 26.3 Å². The first-order valence-corrected chi connectivity index (χ1v) is 6.00. The molecule has 0 saturated heterocycles. The van der Waals surface area contributed by atoms with Gasteiger partial charge in [-0.25, -0.2) is 4.79 Å². The molecule has 1 aliphatic carbocycles. The maximum atomic E-state index is 10.9. The molecule has 17 heavy (non-hydrogen) atoms. The van der Waals surface area contributed by atoms with Crippen LogP contribution in [0.15, 0.2) is 36.5 Å². The predicted octanol–water partition coefficient (Wildman–Crippen LogP) is 3.02. The van der Waals surface area contributed by atoms with Gasteiger partial charge in [-0.1, -0.05) is 42.4 Å². The zero-order valence-corrected chi connectivity index (χ0v) is 10.2. The molecule has 0 aliphatic heterocycles. The Morgan fingerprint density at radius 1 is 1.24 bits per heavy atom. The molecule has 0 bridgehead atoms. The van der Waals surface area contributed by atoms with Crippen molar-refractivity contribution < 1.29 is 9.53 Å². The van der Waals surface area contributed by atoms with Crippen LogP contribution >= 0.6 is 0 Å². The fourth-order valence-corrected chi connectivity index (χ4v) is 1.53. The molecule has 0 saturated carbocycles. The van der Waals surface area contributed by atoms with E-state index in [4.69, 9.17) is 4.74 Å². The van der Waals surface area contributed by atoms with Gasteiger partial charge in [0.2, 0.25) is 0 Å². The monoisotopic (exact) mass is 230 g/mol. The van der Waals surface area contributed by atoms with Crippen LogP contribution in [0.4, 0.5) is 0 Å². The summed E-state index contributed by atoms with van der Waals surface area (Å²) in [6, 6.07) is 0. The number of allylic oxidation sites excluding steroid dienone is 6. The number of esters is 1. The first-order valence-electron chi connectivity index (χ1n) is 6.00. The number of ether oxygens (including phenoxy) is 1. The SMILES string of the molecule is CCOC(=O)C#CCCCC1C=CC=CC=C1. The molecule has 1 aliphatic rings. The lowest BCUT2D eigenvalue weighted by molar-refractivity contribution is -0.136. The molecule has 0 fully saturated rings. The van der Waals surface area contributed by atoms with E-state index in [9.17, 15) is 4.79 Å². The van der Waals surface area contributed by atoms with Crippen LogP contribution in [0.5, 0.6) is 0 Å². The Labute approximate surface area is 103 Å². The summed E-state index contributed by atoms with van der Waals surface area (Å²) in [5.41, 5.74) is 0. The maximum absolute atomic E-state index is 10.9. The van der Waals surface area contributed by atoms with Crippen molar-refractivity contribution in [3.05, 3.63) is 36.5 Å². The second-order valence-corrected chi connectivity index (χ2v) is 3.73. The Morgan fingerprint density at radius 3 is 2.59 bits per heavy atom. The third-order valence-electron chi connectivity index (χ3n) is 2.36. The number of hydrogen-bond acceptors (Lipinski definition) is 2. The number of unbranched alkanes of at least 4 members (excludes halogenated alkanes) is 1. The second-order valence-electron chi connectivity index (χ2n) is 3.73. The Balaban J connectivity index is 2.17. The van der Waals surface area contributed by atoms with Crippen molar-refractivity contribution in [1.29, 1.82) is 0 Å². The van der Waals surface area contributed by atoms with Crippen molar-refractivity contribution in [3.63, 3.8) is 0 Å². The van der Waals surface area contributed by atoms with Crippen LogP contribution < -0.4 is 0 Å². The Bertz CT molecular complexity index is 361. The molecule has 1 rings (SSSR count). The van der Waals surface area contributed by atoms with E-state index in [1.54, 1.807) is 6.92 Å². The molecule has 0 N–H and O–H groups in total. The smallest absolute Gasteiger partial charge is 0.384 e. The van der Waals surface area contributed by atoms with Crippen LogP contribution in [0.1, 0.15) is 26.2 Å². The highest BCUT2D eigenvalue weighted by Gasteiger charge is 1.99. The van der Waals surface area contributed by atoms with Gasteiger partial charge in [-0.15, -0.1) is 0 Å². The van der Waals surface area contributed by atoms with Gasteiger partial charge in [-0.2, -0.15) is 0 Å². The summed E-state index contributed by atoms with van der Waals surface area (Å²) in [5.74, 6) is 5.37. The lowest BCUT2D eigenvalue weighted by atomic mass is 10.0. The van der Waals surface area contributed by atoms with Gasteiger partial charge in [0.1, 0.15) is 0 Å². The van der Waals surface area contributed by atoms with Crippen LogP contribution in [0.2, 0.25) is 0 Å². The molecule has 0 amide bonds. The minimum Gasteiger partial charge on any atom is -0.456 e. The number of carbonyl (C=O) groups is 1. The van der Waals surface area contributed by atoms with E-state index >= 15 is 0 Å². The predicted molar refractivity (Wildman–Crippen MR) is 69.2 cm³/mol. The van der Waals surface area contributed by atoms with E-state index in [1.165, 1.54) is 0 Å². The standard InChI is InChI=1S/C15H18O2/c1-2-17-15(16)13-9-5-8-12-14-10-6-3-4-7-11-14/h3-4,6-7,10-11,14H,2,5,8,12H2,1H3. The van der Waals surface area contributed by atoms with E-state index in [-0.39, 0.29) is 0 Å². The van der Waals surface area contributed by atoms with E-state index in [0.717, 1.165) is 19.3 Å². The Kier molecular flexibility index (Phi) is 6.59. The first kappa shape index (κ1) is 13.3. The van der Waals surface area contributed by atoms with Crippen molar-refractivity contribution in [2.45, 2.75) is 26.2 Å². The summed E-state index contributed by atoms with van der Waals surface area (Å²) >= 11 is 0. The average molecular weight is 230 g/mol. The van der Waals surface area contributed by atoms with Gasteiger partial charge in [-0.05, 0) is 25.7 Å². The minimum atomic E-state index is -0.425. The molecule has 90 valence electrons. The van der Waals surface area contributed by atoms with Crippen LogP contribution in [0.3, 0.4) is 0 Å². The molecule has 0 heterocycles. The van der Waals surface area contributed by atoms with Crippen molar-refractivity contribution in [2.24, 2.45) is 5.92 Å². The van der Waals surface area contributed by atoms with E-state index in [0.29, 0.717) is 12.5 Å². The molecule has 2 nitrogen and oxygen atoms in total. The van der Waals surface area contributed by atoms with Gasteiger partial charge in [-0.3, -0.25) is 0 Å². The lowest BCUT2D eigenvalue weighted by Crippen LogP contribution is -1.99. The number of hydrogen-bond donors (Lipinski definition) is 0. The maximum Gasteiger partial charge on any atom is 0.384 e. The highest BCUT2D eigenvalue weighted by Crippen LogP contribution is 2.13. The lowest BCUT2D eigenvalue weighted by Gasteiger charge is -2.04. The van der Waals surface area contributed by atoms with Crippen LogP contribution in [0, 0.1) is 17.8 Å². The van der Waals surface area contributed by atoms with Gasteiger partial charge in [0.05, 0.1) is 6.61 Å². The molecule has 0 unspecified atom stereocenters.